The SMILES string of the molecule is CCNc1cc(NCC(C)CN)nc(C)n1. The first-order chi connectivity index (χ1) is 7.65. The molecule has 1 aromatic heterocycles. The number of hydrogen-bond acceptors (Lipinski definition) is 5. The van der Waals surface area contributed by atoms with Crippen molar-refractivity contribution in [3.63, 3.8) is 0 Å². The van der Waals surface area contributed by atoms with Crippen molar-refractivity contribution >= 4 is 11.6 Å². The lowest BCUT2D eigenvalue weighted by Crippen LogP contribution is -2.20. The molecule has 4 N–H and O–H groups in total. The minimum atomic E-state index is 0.442. The fourth-order valence-corrected chi connectivity index (χ4v) is 1.29. The van der Waals surface area contributed by atoms with Crippen LogP contribution in [0.4, 0.5) is 11.6 Å². The topological polar surface area (TPSA) is 75.9 Å². The maximum absolute atomic E-state index is 5.56. The summed E-state index contributed by atoms with van der Waals surface area (Å²) >= 11 is 0. The summed E-state index contributed by atoms with van der Waals surface area (Å²) in [6, 6.07) is 1.92. The summed E-state index contributed by atoms with van der Waals surface area (Å²) in [6.45, 7) is 8.40. The maximum Gasteiger partial charge on any atom is 0.131 e. The average molecular weight is 223 g/mol. The Balaban J connectivity index is 2.64. The molecule has 16 heavy (non-hydrogen) atoms. The maximum atomic E-state index is 5.56. The Labute approximate surface area is 96.9 Å². The predicted octanol–water partition coefficient (Wildman–Crippen LogP) is 1.22. The van der Waals surface area contributed by atoms with Gasteiger partial charge in [-0.25, -0.2) is 9.97 Å². The van der Waals surface area contributed by atoms with E-state index in [1.165, 1.54) is 0 Å². The largest absolute Gasteiger partial charge is 0.370 e. The van der Waals surface area contributed by atoms with Gasteiger partial charge in [0.2, 0.25) is 0 Å². The van der Waals surface area contributed by atoms with Crippen LogP contribution in [0.25, 0.3) is 0 Å². The molecule has 1 unspecified atom stereocenters. The molecule has 0 aliphatic rings. The van der Waals surface area contributed by atoms with Gasteiger partial charge in [-0.2, -0.15) is 0 Å². The minimum absolute atomic E-state index is 0.442. The summed E-state index contributed by atoms with van der Waals surface area (Å²) in [6.07, 6.45) is 0. The van der Waals surface area contributed by atoms with Gasteiger partial charge in [0.05, 0.1) is 0 Å². The first-order valence-electron chi connectivity index (χ1n) is 5.69. The Bertz CT molecular complexity index is 326. The second-order valence-electron chi connectivity index (χ2n) is 3.94. The van der Waals surface area contributed by atoms with Crippen molar-refractivity contribution in [2.24, 2.45) is 11.7 Å². The monoisotopic (exact) mass is 223 g/mol. The summed E-state index contributed by atoms with van der Waals surface area (Å²) in [4.78, 5) is 8.60. The number of nitrogens with one attached hydrogen (secondary N) is 2. The number of nitrogens with zero attached hydrogens (tertiary/aromatic N) is 2. The first kappa shape index (κ1) is 12.7. The number of rotatable bonds is 6. The third-order valence-corrected chi connectivity index (χ3v) is 2.23. The van der Waals surface area contributed by atoms with Gasteiger partial charge in [-0.3, -0.25) is 0 Å². The quantitative estimate of drug-likeness (QED) is 0.676. The molecule has 0 amide bonds. The van der Waals surface area contributed by atoms with Crippen molar-refractivity contribution in [3.05, 3.63) is 11.9 Å². The Hall–Kier alpha value is -1.36. The van der Waals surface area contributed by atoms with E-state index in [0.717, 1.165) is 30.5 Å². The van der Waals surface area contributed by atoms with Gasteiger partial charge >= 0.3 is 0 Å². The van der Waals surface area contributed by atoms with Gasteiger partial charge < -0.3 is 16.4 Å². The molecule has 1 atom stereocenters. The lowest BCUT2D eigenvalue weighted by atomic mass is 10.2. The molecule has 0 radical (unpaired) electrons. The Kier molecular flexibility index (Phi) is 4.98. The molecule has 5 nitrogen and oxygen atoms in total. The van der Waals surface area contributed by atoms with E-state index in [0.29, 0.717) is 12.5 Å². The highest BCUT2D eigenvalue weighted by Crippen LogP contribution is 2.11. The van der Waals surface area contributed by atoms with E-state index in [9.17, 15) is 0 Å². The van der Waals surface area contributed by atoms with E-state index in [1.54, 1.807) is 0 Å². The second-order valence-corrected chi connectivity index (χ2v) is 3.94. The molecule has 90 valence electrons. The number of aryl methyl sites for hydroxylation is 1. The van der Waals surface area contributed by atoms with Gasteiger partial charge in [0.25, 0.3) is 0 Å². The van der Waals surface area contributed by atoms with Crippen molar-refractivity contribution in [2.45, 2.75) is 20.8 Å². The molecule has 0 spiro atoms. The third kappa shape index (κ3) is 4.02. The molecule has 1 heterocycles. The number of hydrogen-bond donors (Lipinski definition) is 3. The molecule has 0 aliphatic heterocycles. The van der Waals surface area contributed by atoms with Gasteiger partial charge in [-0.1, -0.05) is 6.92 Å². The summed E-state index contributed by atoms with van der Waals surface area (Å²) in [5.41, 5.74) is 5.56. The third-order valence-electron chi connectivity index (χ3n) is 2.23. The Morgan fingerprint density at radius 1 is 1.31 bits per heavy atom. The summed E-state index contributed by atoms with van der Waals surface area (Å²) in [5, 5.41) is 6.44. The fourth-order valence-electron chi connectivity index (χ4n) is 1.29. The van der Waals surface area contributed by atoms with E-state index in [4.69, 9.17) is 5.73 Å². The van der Waals surface area contributed by atoms with Gasteiger partial charge in [-0.15, -0.1) is 0 Å². The van der Waals surface area contributed by atoms with Crippen LogP contribution in [0.2, 0.25) is 0 Å². The summed E-state index contributed by atoms with van der Waals surface area (Å²) in [7, 11) is 0. The Morgan fingerprint density at radius 3 is 2.50 bits per heavy atom. The molecule has 1 aromatic rings. The molecule has 0 aliphatic carbocycles. The fraction of sp³-hybridized carbons (Fsp3) is 0.636. The molecule has 0 bridgehead atoms. The van der Waals surface area contributed by atoms with Gasteiger partial charge in [-0.05, 0) is 26.3 Å². The number of aromatic nitrogens is 2. The standard InChI is InChI=1S/C11H21N5/c1-4-13-10-5-11(16-9(3)15-10)14-7-8(2)6-12/h5,8H,4,6-7,12H2,1-3H3,(H2,13,14,15,16). The first-order valence-corrected chi connectivity index (χ1v) is 5.69. The van der Waals surface area contributed by atoms with Crippen LogP contribution in [0.15, 0.2) is 6.07 Å². The predicted molar refractivity (Wildman–Crippen MR) is 67.6 cm³/mol. The van der Waals surface area contributed by atoms with Crippen LogP contribution < -0.4 is 16.4 Å². The van der Waals surface area contributed by atoms with Crippen molar-refractivity contribution in [1.82, 2.24) is 9.97 Å². The van der Waals surface area contributed by atoms with E-state index < -0.39 is 0 Å². The molecule has 0 saturated carbocycles. The number of anilines is 2. The molecule has 0 aromatic carbocycles. The lowest BCUT2D eigenvalue weighted by molar-refractivity contribution is 0.626. The molecular weight excluding hydrogens is 202 g/mol. The average Bonchev–Trinajstić information content (AvgIpc) is 2.25. The highest BCUT2D eigenvalue weighted by atomic mass is 15.1. The van der Waals surface area contributed by atoms with Crippen LogP contribution >= 0.6 is 0 Å². The van der Waals surface area contributed by atoms with Gasteiger partial charge in [0.1, 0.15) is 17.5 Å². The molecule has 0 fully saturated rings. The van der Waals surface area contributed by atoms with Crippen LogP contribution in [-0.4, -0.2) is 29.6 Å². The normalized spacial score (nSPS) is 12.2. The summed E-state index contributed by atoms with van der Waals surface area (Å²) in [5.74, 6) is 2.92. The van der Waals surface area contributed by atoms with Gasteiger partial charge in [0, 0.05) is 19.2 Å². The van der Waals surface area contributed by atoms with Crippen LogP contribution in [0.1, 0.15) is 19.7 Å². The highest BCUT2D eigenvalue weighted by Gasteiger charge is 2.03. The van der Waals surface area contributed by atoms with Crippen LogP contribution in [0, 0.1) is 12.8 Å². The lowest BCUT2D eigenvalue weighted by Gasteiger charge is -2.12. The molecule has 0 saturated heterocycles. The molecular formula is C11H21N5. The summed E-state index contributed by atoms with van der Waals surface area (Å²) < 4.78 is 0. The van der Waals surface area contributed by atoms with E-state index >= 15 is 0 Å². The van der Waals surface area contributed by atoms with Crippen molar-refractivity contribution in [3.8, 4) is 0 Å². The highest BCUT2D eigenvalue weighted by molar-refractivity contribution is 5.47. The smallest absolute Gasteiger partial charge is 0.131 e. The van der Waals surface area contributed by atoms with E-state index in [1.807, 2.05) is 19.9 Å². The van der Waals surface area contributed by atoms with E-state index in [-0.39, 0.29) is 0 Å². The van der Waals surface area contributed by atoms with Crippen LogP contribution in [0.5, 0.6) is 0 Å². The number of nitrogens with two attached hydrogens (primary N) is 1. The molecule has 5 heteroatoms. The van der Waals surface area contributed by atoms with Crippen molar-refractivity contribution in [2.75, 3.05) is 30.3 Å². The molecule has 1 rings (SSSR count). The van der Waals surface area contributed by atoms with Gasteiger partial charge in [0.15, 0.2) is 0 Å². The Morgan fingerprint density at radius 2 is 1.94 bits per heavy atom. The van der Waals surface area contributed by atoms with Crippen molar-refractivity contribution in [1.29, 1.82) is 0 Å². The van der Waals surface area contributed by atoms with Crippen LogP contribution in [-0.2, 0) is 0 Å². The second kappa shape index (κ2) is 6.27. The zero-order chi connectivity index (χ0) is 12.0. The zero-order valence-corrected chi connectivity index (χ0v) is 10.2. The zero-order valence-electron chi connectivity index (χ0n) is 10.2. The van der Waals surface area contributed by atoms with Crippen molar-refractivity contribution < 1.29 is 0 Å². The van der Waals surface area contributed by atoms with E-state index in [2.05, 4.69) is 27.5 Å². The van der Waals surface area contributed by atoms with Crippen LogP contribution in [0.3, 0.4) is 0 Å². The minimum Gasteiger partial charge on any atom is -0.370 e.